The zero-order chi connectivity index (χ0) is 10.8. The maximum Gasteiger partial charge on any atom is 0.122 e. The van der Waals surface area contributed by atoms with Crippen molar-refractivity contribution in [2.75, 3.05) is 12.3 Å². The lowest BCUT2D eigenvalue weighted by atomic mass is 10.2. The maximum absolute atomic E-state index is 8.81. The average Bonchev–Trinajstić information content (AvgIpc) is 2.75. The molecule has 0 spiro atoms. The highest BCUT2D eigenvalue weighted by Crippen LogP contribution is 2.31. The molecule has 2 aromatic heterocycles. The van der Waals surface area contributed by atoms with Gasteiger partial charge in [0.15, 0.2) is 0 Å². The van der Waals surface area contributed by atoms with Crippen LogP contribution in [0, 0.1) is 0 Å². The maximum atomic E-state index is 8.81. The zero-order valence-corrected chi connectivity index (χ0v) is 10.3. The summed E-state index contributed by atoms with van der Waals surface area (Å²) in [6.45, 7) is 0.462. The van der Waals surface area contributed by atoms with Crippen molar-refractivity contribution in [1.29, 1.82) is 0 Å². The number of thiophene rings is 1. The quantitative estimate of drug-likeness (QED) is 0.907. The number of aliphatic hydroxyl groups is 1. The van der Waals surface area contributed by atoms with E-state index in [1.807, 2.05) is 16.8 Å². The fourth-order valence-corrected chi connectivity index (χ4v) is 2.79. The second kappa shape index (κ2) is 4.34. The van der Waals surface area contributed by atoms with E-state index in [2.05, 4.69) is 21.0 Å². The molecule has 4 nitrogen and oxygen atoms in total. The first kappa shape index (κ1) is 10.7. The van der Waals surface area contributed by atoms with Crippen LogP contribution in [-0.2, 0) is 6.54 Å². The van der Waals surface area contributed by atoms with E-state index >= 15 is 0 Å². The fraction of sp³-hybridized carbons (Fsp3) is 0.222. The molecule has 0 bridgehead atoms. The van der Waals surface area contributed by atoms with Gasteiger partial charge in [-0.1, -0.05) is 0 Å². The van der Waals surface area contributed by atoms with Crippen LogP contribution in [0.25, 0.3) is 11.3 Å². The lowest BCUT2D eigenvalue weighted by Crippen LogP contribution is -2.07. The molecular formula is C9H10BrN3OS. The fourth-order valence-electron chi connectivity index (χ4n) is 1.30. The summed E-state index contributed by atoms with van der Waals surface area (Å²) in [5.41, 5.74) is 7.62. The molecule has 0 fully saturated rings. The first-order valence-corrected chi connectivity index (χ1v) is 6.12. The van der Waals surface area contributed by atoms with Crippen LogP contribution < -0.4 is 5.73 Å². The number of nitrogens with two attached hydrogens (primary N) is 1. The van der Waals surface area contributed by atoms with Gasteiger partial charge in [0.2, 0.25) is 0 Å². The summed E-state index contributed by atoms with van der Waals surface area (Å²) >= 11 is 5.05. The van der Waals surface area contributed by atoms with Crippen LogP contribution in [-0.4, -0.2) is 21.5 Å². The van der Waals surface area contributed by atoms with E-state index in [0.717, 1.165) is 15.7 Å². The molecule has 0 aromatic carbocycles. The number of nitrogen functional groups attached to an aromatic ring is 1. The van der Waals surface area contributed by atoms with Gasteiger partial charge < -0.3 is 10.8 Å². The summed E-state index contributed by atoms with van der Waals surface area (Å²) in [7, 11) is 0. The van der Waals surface area contributed by atoms with Crippen molar-refractivity contribution in [1.82, 2.24) is 9.78 Å². The first-order valence-electron chi connectivity index (χ1n) is 4.38. The molecule has 0 amide bonds. The number of nitrogens with zero attached hydrogens (tertiary/aromatic N) is 2. The van der Waals surface area contributed by atoms with E-state index < -0.39 is 0 Å². The number of hydrogen-bond acceptors (Lipinski definition) is 4. The Labute approximate surface area is 99.5 Å². The van der Waals surface area contributed by atoms with Gasteiger partial charge in [0.1, 0.15) is 5.82 Å². The second-order valence-electron chi connectivity index (χ2n) is 3.03. The van der Waals surface area contributed by atoms with Gasteiger partial charge in [-0.2, -0.15) is 16.4 Å². The Balaban J connectivity index is 2.38. The third-order valence-electron chi connectivity index (χ3n) is 2.01. The Morgan fingerprint density at radius 2 is 2.33 bits per heavy atom. The van der Waals surface area contributed by atoms with E-state index in [1.54, 1.807) is 16.0 Å². The minimum absolute atomic E-state index is 0.0378. The van der Waals surface area contributed by atoms with Crippen molar-refractivity contribution < 1.29 is 5.11 Å². The summed E-state index contributed by atoms with van der Waals surface area (Å²) in [5, 5.41) is 17.1. The summed E-state index contributed by atoms with van der Waals surface area (Å²) in [6.07, 6.45) is 0. The predicted octanol–water partition coefficient (Wildman–Crippen LogP) is 1.95. The molecule has 0 saturated heterocycles. The lowest BCUT2D eigenvalue weighted by molar-refractivity contribution is 0.270. The standard InChI is InChI=1S/C9H10BrN3OS/c10-7-5-15-4-6(7)8-3-9(11)13(12-8)1-2-14/h3-5,14H,1-2,11H2. The number of aromatic nitrogens is 2. The van der Waals surface area contributed by atoms with E-state index in [0.29, 0.717) is 12.4 Å². The second-order valence-corrected chi connectivity index (χ2v) is 4.63. The van der Waals surface area contributed by atoms with Crippen LogP contribution in [0.2, 0.25) is 0 Å². The highest BCUT2D eigenvalue weighted by Gasteiger charge is 2.10. The molecule has 3 N–H and O–H groups in total. The highest BCUT2D eigenvalue weighted by atomic mass is 79.9. The van der Waals surface area contributed by atoms with E-state index in [9.17, 15) is 0 Å². The van der Waals surface area contributed by atoms with Crippen LogP contribution in [0.5, 0.6) is 0 Å². The van der Waals surface area contributed by atoms with Crippen LogP contribution in [0.3, 0.4) is 0 Å². The number of rotatable bonds is 3. The zero-order valence-electron chi connectivity index (χ0n) is 7.85. The normalized spacial score (nSPS) is 10.8. The van der Waals surface area contributed by atoms with Crippen molar-refractivity contribution in [3.05, 3.63) is 21.3 Å². The molecule has 80 valence electrons. The van der Waals surface area contributed by atoms with Crippen molar-refractivity contribution in [3.63, 3.8) is 0 Å². The van der Waals surface area contributed by atoms with E-state index in [4.69, 9.17) is 10.8 Å². The third kappa shape index (κ3) is 2.06. The Bertz CT molecular complexity index is 466. The summed E-state index contributed by atoms with van der Waals surface area (Å²) in [6, 6.07) is 1.81. The van der Waals surface area contributed by atoms with Crippen LogP contribution in [0.15, 0.2) is 21.3 Å². The van der Waals surface area contributed by atoms with Crippen LogP contribution in [0.1, 0.15) is 0 Å². The average molecular weight is 288 g/mol. The van der Waals surface area contributed by atoms with Gasteiger partial charge in [0.25, 0.3) is 0 Å². The molecule has 0 unspecified atom stereocenters. The molecule has 6 heteroatoms. The Morgan fingerprint density at radius 3 is 2.93 bits per heavy atom. The number of halogens is 1. The summed E-state index contributed by atoms with van der Waals surface area (Å²) in [4.78, 5) is 0. The van der Waals surface area contributed by atoms with Crippen molar-refractivity contribution >= 4 is 33.1 Å². The first-order chi connectivity index (χ1) is 7.22. The largest absolute Gasteiger partial charge is 0.394 e. The molecule has 0 aliphatic heterocycles. The Hall–Kier alpha value is -0.850. The van der Waals surface area contributed by atoms with Gasteiger partial charge in [-0.15, -0.1) is 0 Å². The Kier molecular flexibility index (Phi) is 3.08. The van der Waals surface area contributed by atoms with E-state index in [1.165, 1.54) is 0 Å². The topological polar surface area (TPSA) is 64.1 Å². The van der Waals surface area contributed by atoms with Crippen molar-refractivity contribution in [2.24, 2.45) is 0 Å². The molecule has 15 heavy (non-hydrogen) atoms. The lowest BCUT2D eigenvalue weighted by Gasteiger charge is -1.98. The SMILES string of the molecule is Nc1cc(-c2cscc2Br)nn1CCO. The molecule has 0 aliphatic rings. The van der Waals surface area contributed by atoms with Gasteiger partial charge in [0.05, 0.1) is 18.8 Å². The van der Waals surface area contributed by atoms with Gasteiger partial charge in [0, 0.05) is 26.9 Å². The van der Waals surface area contributed by atoms with Gasteiger partial charge in [-0.25, -0.2) is 4.68 Å². The molecule has 2 heterocycles. The molecule has 0 radical (unpaired) electrons. The van der Waals surface area contributed by atoms with Crippen LogP contribution >= 0.6 is 27.3 Å². The number of anilines is 1. The smallest absolute Gasteiger partial charge is 0.122 e. The molecular weight excluding hydrogens is 278 g/mol. The van der Waals surface area contributed by atoms with Gasteiger partial charge >= 0.3 is 0 Å². The monoisotopic (exact) mass is 287 g/mol. The third-order valence-corrected chi connectivity index (χ3v) is 3.72. The van der Waals surface area contributed by atoms with Crippen molar-refractivity contribution in [3.8, 4) is 11.3 Å². The summed E-state index contributed by atoms with van der Waals surface area (Å²) < 4.78 is 2.61. The highest BCUT2D eigenvalue weighted by molar-refractivity contribution is 9.10. The molecule has 2 rings (SSSR count). The van der Waals surface area contributed by atoms with Gasteiger partial charge in [-0.05, 0) is 15.9 Å². The van der Waals surface area contributed by atoms with Crippen molar-refractivity contribution in [2.45, 2.75) is 6.54 Å². The Morgan fingerprint density at radius 1 is 1.53 bits per heavy atom. The van der Waals surface area contributed by atoms with Gasteiger partial charge in [-0.3, -0.25) is 0 Å². The number of hydrogen-bond donors (Lipinski definition) is 2. The molecule has 0 aliphatic carbocycles. The molecule has 2 aromatic rings. The van der Waals surface area contributed by atoms with E-state index in [-0.39, 0.29) is 6.61 Å². The summed E-state index contributed by atoms with van der Waals surface area (Å²) in [5.74, 6) is 0.567. The predicted molar refractivity (Wildman–Crippen MR) is 64.7 cm³/mol. The molecule has 0 atom stereocenters. The number of aliphatic hydroxyl groups excluding tert-OH is 1. The minimum Gasteiger partial charge on any atom is -0.394 e. The molecule has 0 saturated carbocycles. The van der Waals surface area contributed by atoms with Crippen LogP contribution in [0.4, 0.5) is 5.82 Å². The minimum atomic E-state index is 0.0378.